The van der Waals surface area contributed by atoms with Crippen LogP contribution in [-0.2, 0) is 7.05 Å². The van der Waals surface area contributed by atoms with Crippen molar-refractivity contribution in [2.24, 2.45) is 18.9 Å². The van der Waals surface area contributed by atoms with Gasteiger partial charge in [-0.3, -0.25) is 4.68 Å². The van der Waals surface area contributed by atoms with Gasteiger partial charge in [-0.05, 0) is 36.5 Å². The van der Waals surface area contributed by atoms with E-state index >= 15 is 0 Å². The zero-order valence-corrected chi connectivity index (χ0v) is 15.9. The van der Waals surface area contributed by atoms with Crippen LogP contribution in [0.25, 0.3) is 26.4 Å². The molecule has 4 aromatic rings. The van der Waals surface area contributed by atoms with Gasteiger partial charge in [0.05, 0.1) is 17.4 Å². The van der Waals surface area contributed by atoms with Crippen molar-refractivity contribution < 1.29 is 0 Å². The molecule has 27 heavy (non-hydrogen) atoms. The highest BCUT2D eigenvalue weighted by molar-refractivity contribution is 7.19. The van der Waals surface area contributed by atoms with Crippen LogP contribution in [0, 0.1) is 30.0 Å². The smallest absolute Gasteiger partial charge is 0.268 e. The fraction of sp³-hybridized carbons (Fsp3) is 0.368. The summed E-state index contributed by atoms with van der Waals surface area (Å²) in [5.74, 6) is 4.29. The highest BCUT2D eigenvalue weighted by atomic mass is 32.1. The van der Waals surface area contributed by atoms with E-state index in [-0.39, 0.29) is 6.71 Å². The molecule has 1 aromatic carbocycles. The van der Waals surface area contributed by atoms with E-state index in [0.717, 1.165) is 50.3 Å². The fourth-order valence-electron chi connectivity index (χ4n) is 4.93. The molecule has 0 spiro atoms. The van der Waals surface area contributed by atoms with E-state index in [1.54, 1.807) is 11.3 Å². The van der Waals surface area contributed by atoms with Crippen LogP contribution in [0.3, 0.4) is 0 Å². The molecule has 0 N–H and O–H groups in total. The summed E-state index contributed by atoms with van der Waals surface area (Å²) in [6, 6.07) is 4.31. The molecule has 8 heteroatoms. The lowest BCUT2D eigenvalue weighted by molar-refractivity contribution is 0.779. The summed E-state index contributed by atoms with van der Waals surface area (Å²) in [6.45, 7) is 2.35. The number of aryl methyl sites for hydroxylation is 2. The minimum absolute atomic E-state index is 0.260. The summed E-state index contributed by atoms with van der Waals surface area (Å²) >= 11 is 1.63. The van der Waals surface area contributed by atoms with Gasteiger partial charge in [0.2, 0.25) is 4.96 Å². The highest BCUT2D eigenvalue weighted by Crippen LogP contribution is 2.63. The number of aromatic nitrogens is 5. The molecule has 1 aliphatic heterocycles. The van der Waals surface area contributed by atoms with Gasteiger partial charge in [-0.25, -0.2) is 14.8 Å². The number of rotatable bonds is 2. The number of hydrogen-bond donors (Lipinski definition) is 0. The van der Waals surface area contributed by atoms with Gasteiger partial charge in [0, 0.05) is 36.1 Å². The third-order valence-corrected chi connectivity index (χ3v) is 7.16. The second-order valence-electron chi connectivity index (χ2n) is 7.98. The van der Waals surface area contributed by atoms with Crippen LogP contribution in [0.1, 0.15) is 17.2 Å². The predicted molar refractivity (Wildman–Crippen MR) is 106 cm³/mol. The maximum absolute atomic E-state index is 9.08. The zero-order chi connectivity index (χ0) is 18.3. The number of nitrogens with zero attached hydrogens (tertiary/aromatic N) is 6. The zero-order valence-electron chi connectivity index (χ0n) is 15.1. The van der Waals surface area contributed by atoms with Crippen LogP contribution in [0.15, 0.2) is 24.5 Å². The molecular weight excluding hydrogens is 355 g/mol. The van der Waals surface area contributed by atoms with E-state index in [0.29, 0.717) is 17.8 Å². The Morgan fingerprint density at radius 3 is 2.78 bits per heavy atom. The largest absolute Gasteiger partial charge is 0.275 e. The van der Waals surface area contributed by atoms with Crippen molar-refractivity contribution >= 4 is 33.9 Å². The maximum Gasteiger partial charge on any atom is 0.268 e. The van der Waals surface area contributed by atoms with Gasteiger partial charge in [-0.15, -0.1) is 0 Å². The van der Waals surface area contributed by atoms with E-state index in [2.05, 4.69) is 36.3 Å². The molecule has 0 amide bonds. The number of hydrogen-bond acceptors (Lipinski definition) is 5. The quantitative estimate of drug-likeness (QED) is 0.505. The average molecular weight is 372 g/mol. The first kappa shape index (κ1) is 15.4. The van der Waals surface area contributed by atoms with Crippen LogP contribution in [0.5, 0.6) is 0 Å². The number of imidazole rings is 1. The Kier molecular flexibility index (Phi) is 2.97. The topological polar surface area (TPSA) is 71.8 Å². The third-order valence-electron chi connectivity index (χ3n) is 6.19. The van der Waals surface area contributed by atoms with Crippen molar-refractivity contribution in [3.05, 3.63) is 35.8 Å². The molecule has 0 radical (unpaired) electrons. The van der Waals surface area contributed by atoms with E-state index in [1.807, 2.05) is 22.4 Å². The number of benzene rings is 1. The summed E-state index contributed by atoms with van der Waals surface area (Å²) in [7, 11) is 1.95. The summed E-state index contributed by atoms with van der Waals surface area (Å²) in [5.41, 5.74) is 4.48. The van der Waals surface area contributed by atoms with Gasteiger partial charge in [0.25, 0.3) is 6.71 Å². The van der Waals surface area contributed by atoms with Crippen LogP contribution in [0.2, 0.25) is 12.6 Å². The predicted octanol–water partition coefficient (Wildman–Crippen LogP) is 3.55. The molecule has 1 aliphatic carbocycles. The van der Waals surface area contributed by atoms with Gasteiger partial charge in [-0.1, -0.05) is 24.0 Å². The average Bonchev–Trinajstić information content (AvgIpc) is 3.13. The summed E-state index contributed by atoms with van der Waals surface area (Å²) in [5, 5.41) is 20.5. The van der Waals surface area contributed by atoms with Crippen LogP contribution >= 0.6 is 11.3 Å². The second kappa shape index (κ2) is 5.20. The van der Waals surface area contributed by atoms with Gasteiger partial charge < -0.3 is 0 Å². The van der Waals surface area contributed by atoms with Crippen LogP contribution in [0.4, 0.5) is 0 Å². The normalized spacial score (nSPS) is 23.9. The Labute approximate surface area is 160 Å². The van der Waals surface area contributed by atoms with Crippen molar-refractivity contribution in [2.45, 2.75) is 25.5 Å². The SMILES string of the molecule is Cc1cc(-c2nn3cc(C4C5CB(C#N)CC54)nc3s2)cc2cn(C)nc12. The Morgan fingerprint density at radius 1 is 1.22 bits per heavy atom. The van der Waals surface area contributed by atoms with E-state index in [9.17, 15) is 0 Å². The molecular formula is C19H17BN6S. The van der Waals surface area contributed by atoms with E-state index in [4.69, 9.17) is 15.3 Å². The Balaban J connectivity index is 1.33. The summed E-state index contributed by atoms with van der Waals surface area (Å²) < 4.78 is 3.78. The van der Waals surface area contributed by atoms with Crippen molar-refractivity contribution in [3.63, 3.8) is 0 Å². The lowest BCUT2D eigenvalue weighted by atomic mass is 9.48. The second-order valence-corrected chi connectivity index (χ2v) is 8.94. The molecule has 6 rings (SSSR count). The Hall–Kier alpha value is -2.66. The molecule has 1 saturated heterocycles. The van der Waals surface area contributed by atoms with Gasteiger partial charge in [-0.2, -0.15) is 10.2 Å². The molecule has 132 valence electrons. The molecule has 4 heterocycles. The monoisotopic (exact) mass is 372 g/mol. The van der Waals surface area contributed by atoms with Crippen molar-refractivity contribution in [3.8, 4) is 16.5 Å². The number of fused-ring (bicyclic) bond motifs is 3. The van der Waals surface area contributed by atoms with Gasteiger partial charge >= 0.3 is 0 Å². The first-order valence-electron chi connectivity index (χ1n) is 9.31. The van der Waals surface area contributed by atoms with E-state index in [1.165, 1.54) is 0 Å². The Bertz CT molecular complexity index is 1220. The van der Waals surface area contributed by atoms with Crippen molar-refractivity contribution in [2.75, 3.05) is 0 Å². The van der Waals surface area contributed by atoms with Gasteiger partial charge in [0.1, 0.15) is 5.01 Å². The standard InChI is InChI=1S/C19H17BN6S/c1-10-3-11(4-12-7-25(2)23-17(10)12)18-24-26-8-15(22-19(26)27-18)16-13-5-20(9-21)6-14(13)16/h3-4,7-8,13-14,16H,5-6H2,1-2H3. The van der Waals surface area contributed by atoms with E-state index < -0.39 is 0 Å². The van der Waals surface area contributed by atoms with Crippen LogP contribution < -0.4 is 0 Å². The lowest BCUT2D eigenvalue weighted by Crippen LogP contribution is -2.07. The molecule has 2 unspecified atom stereocenters. The molecule has 1 saturated carbocycles. The number of nitriles is 1. The molecule has 3 aromatic heterocycles. The summed E-state index contributed by atoms with van der Waals surface area (Å²) in [4.78, 5) is 5.81. The maximum atomic E-state index is 9.08. The Morgan fingerprint density at radius 2 is 2.04 bits per heavy atom. The molecule has 0 bridgehead atoms. The van der Waals surface area contributed by atoms with Crippen molar-refractivity contribution in [1.29, 1.82) is 5.26 Å². The summed E-state index contributed by atoms with van der Waals surface area (Å²) in [6.07, 6.45) is 6.22. The first-order chi connectivity index (χ1) is 13.1. The molecule has 2 atom stereocenters. The minimum Gasteiger partial charge on any atom is -0.275 e. The third kappa shape index (κ3) is 2.21. The molecule has 2 fully saturated rings. The first-order valence-corrected chi connectivity index (χ1v) is 10.1. The lowest BCUT2D eigenvalue weighted by Gasteiger charge is -2.01. The fourth-order valence-corrected chi connectivity index (χ4v) is 5.81. The van der Waals surface area contributed by atoms with Gasteiger partial charge in [0.15, 0.2) is 0 Å². The van der Waals surface area contributed by atoms with Crippen LogP contribution in [-0.4, -0.2) is 31.1 Å². The molecule has 6 nitrogen and oxygen atoms in total. The molecule has 2 aliphatic rings. The highest BCUT2D eigenvalue weighted by Gasteiger charge is 2.58. The van der Waals surface area contributed by atoms with Crippen molar-refractivity contribution in [1.82, 2.24) is 24.4 Å². The minimum atomic E-state index is 0.260.